The molecule has 49 heavy (non-hydrogen) atoms. The summed E-state index contributed by atoms with van der Waals surface area (Å²) in [5.41, 5.74) is 2.32. The van der Waals surface area contributed by atoms with Crippen LogP contribution in [0, 0.1) is 11.7 Å². The molecule has 3 aromatic rings. The fraction of sp³-hybridized carbons (Fsp3) is 0.412. The molecule has 3 aromatic carbocycles. The lowest BCUT2D eigenvalue weighted by Gasteiger charge is -2.32. The number of alkyl halides is 3. The van der Waals surface area contributed by atoms with Crippen molar-refractivity contribution in [3.63, 3.8) is 0 Å². The van der Waals surface area contributed by atoms with Gasteiger partial charge >= 0.3 is 18.1 Å². The second-order valence-corrected chi connectivity index (χ2v) is 15.6. The predicted octanol–water partition coefficient (Wildman–Crippen LogP) is 7.92. The monoisotopic (exact) mass is 742 g/mol. The number of hydrogen-bond acceptors (Lipinski definition) is 7. The van der Waals surface area contributed by atoms with E-state index < -0.39 is 49.2 Å². The van der Waals surface area contributed by atoms with Gasteiger partial charge in [0.2, 0.25) is 0 Å². The van der Waals surface area contributed by atoms with Crippen LogP contribution in [0.2, 0.25) is 10.0 Å². The Kier molecular flexibility index (Phi) is 10.2. The van der Waals surface area contributed by atoms with Crippen LogP contribution in [0.25, 0.3) is 11.1 Å². The van der Waals surface area contributed by atoms with E-state index in [0.717, 1.165) is 55.2 Å². The van der Waals surface area contributed by atoms with Crippen molar-refractivity contribution in [2.75, 3.05) is 19.7 Å². The number of halogens is 6. The highest BCUT2D eigenvalue weighted by molar-refractivity contribution is 7.90. The molecule has 1 heterocycles. The first-order valence-electron chi connectivity index (χ1n) is 15.8. The largest absolute Gasteiger partial charge is 0.493 e. The summed E-state index contributed by atoms with van der Waals surface area (Å²) in [7, 11) is -4.81. The average Bonchev–Trinajstić information content (AvgIpc) is 3.96. The Morgan fingerprint density at radius 2 is 1.51 bits per heavy atom. The topological polar surface area (TPSA) is 93.2 Å². The van der Waals surface area contributed by atoms with E-state index in [2.05, 4.69) is 21.9 Å². The molecule has 0 aromatic heterocycles. The minimum Gasteiger partial charge on any atom is -0.493 e. The van der Waals surface area contributed by atoms with Crippen molar-refractivity contribution in [3.8, 4) is 16.9 Å². The fourth-order valence-corrected chi connectivity index (χ4v) is 7.88. The zero-order chi connectivity index (χ0) is 35.1. The van der Waals surface area contributed by atoms with E-state index in [1.54, 1.807) is 6.07 Å². The van der Waals surface area contributed by atoms with Crippen LogP contribution in [0.4, 0.5) is 17.6 Å². The molecule has 2 aliphatic carbocycles. The second-order valence-electron chi connectivity index (χ2n) is 12.7. The third kappa shape index (κ3) is 8.33. The van der Waals surface area contributed by atoms with Crippen LogP contribution in [0.5, 0.6) is 5.75 Å². The van der Waals surface area contributed by atoms with E-state index in [9.17, 15) is 31.2 Å². The van der Waals surface area contributed by atoms with E-state index in [1.807, 2.05) is 24.3 Å². The molecule has 3 fully saturated rings. The second kappa shape index (κ2) is 14.1. The first-order valence-corrected chi connectivity index (χ1v) is 18.1. The lowest BCUT2D eigenvalue weighted by Crippen LogP contribution is -2.44. The third-order valence-corrected chi connectivity index (χ3v) is 11.3. The molecule has 0 spiro atoms. The maximum absolute atomic E-state index is 15.9. The van der Waals surface area contributed by atoms with Gasteiger partial charge in [-0.3, -0.25) is 9.69 Å². The first-order chi connectivity index (χ1) is 23.2. The fourth-order valence-electron chi connectivity index (χ4n) is 5.85. The zero-order valence-electron chi connectivity index (χ0n) is 26.0. The van der Waals surface area contributed by atoms with Crippen molar-refractivity contribution >= 4 is 45.1 Å². The van der Waals surface area contributed by atoms with Crippen molar-refractivity contribution in [3.05, 3.63) is 87.2 Å². The van der Waals surface area contributed by atoms with Gasteiger partial charge in [-0.15, -0.1) is 0 Å². The highest BCUT2D eigenvalue weighted by Gasteiger charge is 2.50. The summed E-state index contributed by atoms with van der Waals surface area (Å²) in [6.07, 6.45) is -2.63. The summed E-state index contributed by atoms with van der Waals surface area (Å²) in [5, 5.41) is -0.0720. The van der Waals surface area contributed by atoms with Gasteiger partial charge in [-0.1, -0.05) is 51.9 Å². The van der Waals surface area contributed by atoms with Gasteiger partial charge in [0, 0.05) is 22.2 Å². The highest BCUT2D eigenvalue weighted by atomic mass is 35.5. The number of carbonyl (C=O) groups excluding carboxylic acids is 2. The van der Waals surface area contributed by atoms with Gasteiger partial charge in [-0.05, 0) is 110 Å². The standard InChI is InChI=1S/C34H32Cl2F4N2O6S/c35-25-15-24(16-26(36)17-25)22-3-1-20(2-4-22)18-41-13-11-21(12-14-41)19-47-29-10-9-28(31(37)30(29)23-5-6-23)32(43)42(48-33(44)34(38,39)40)49(45,46)27-7-8-27/h1-4,9-10,15-17,21,23,27H,5-8,11-14,18-19H2. The number of nitrogens with zero attached hydrogens (tertiary/aromatic N) is 2. The number of amides is 1. The molecule has 15 heteroatoms. The van der Waals surface area contributed by atoms with Crippen molar-refractivity contribution in [2.45, 2.75) is 62.4 Å². The van der Waals surface area contributed by atoms with E-state index in [-0.39, 0.29) is 42.6 Å². The van der Waals surface area contributed by atoms with Gasteiger partial charge in [0.1, 0.15) is 11.6 Å². The molecule has 0 atom stereocenters. The molecule has 2 saturated carbocycles. The predicted molar refractivity (Wildman–Crippen MR) is 174 cm³/mol. The smallest absolute Gasteiger partial charge is 0.493 e. The summed E-state index contributed by atoms with van der Waals surface area (Å²) < 4.78 is 85.6. The average molecular weight is 744 g/mol. The van der Waals surface area contributed by atoms with Crippen LogP contribution in [0.1, 0.15) is 65.9 Å². The maximum Gasteiger partial charge on any atom is 0.493 e. The molecule has 1 saturated heterocycles. The van der Waals surface area contributed by atoms with Crippen LogP contribution in [0.3, 0.4) is 0 Å². The molecule has 6 rings (SSSR count). The molecule has 0 unspecified atom stereocenters. The minimum absolute atomic E-state index is 0.0534. The molecule has 1 amide bonds. The Labute approximate surface area is 290 Å². The SMILES string of the molecule is O=C(c1ccc(OCC2CCN(Cc3ccc(-c4cc(Cl)cc(Cl)c4)cc3)CC2)c(C2CC2)c1F)N(OC(=O)C(F)(F)F)S(=O)(=O)C1CC1. The lowest BCUT2D eigenvalue weighted by atomic mass is 9.97. The van der Waals surface area contributed by atoms with E-state index in [0.29, 0.717) is 22.9 Å². The Hall–Kier alpha value is -3.39. The molecule has 0 radical (unpaired) electrons. The Bertz CT molecular complexity index is 1820. The number of piperidine rings is 1. The van der Waals surface area contributed by atoms with Crippen LogP contribution in [-0.2, 0) is 26.2 Å². The van der Waals surface area contributed by atoms with E-state index in [4.69, 9.17) is 27.9 Å². The maximum atomic E-state index is 15.9. The number of likely N-dealkylation sites (tertiary alicyclic amines) is 1. The quantitative estimate of drug-likeness (QED) is 0.154. The van der Waals surface area contributed by atoms with Gasteiger partial charge in [-0.25, -0.2) is 17.6 Å². The van der Waals surface area contributed by atoms with Crippen molar-refractivity contribution < 1.29 is 45.1 Å². The summed E-state index contributed by atoms with van der Waals surface area (Å²) in [4.78, 5) is 31.1. The van der Waals surface area contributed by atoms with Crippen LogP contribution in [-0.4, -0.2) is 60.8 Å². The first kappa shape index (κ1) is 35.4. The molecule has 0 bridgehead atoms. The molecule has 8 nitrogen and oxygen atoms in total. The molecule has 0 N–H and O–H groups in total. The van der Waals surface area contributed by atoms with Crippen molar-refractivity contribution in [1.29, 1.82) is 0 Å². The molecule has 1 aliphatic heterocycles. The number of carbonyl (C=O) groups is 2. The number of ether oxygens (including phenoxy) is 1. The molecular formula is C34H32Cl2F4N2O6S. The Balaban J connectivity index is 1.08. The van der Waals surface area contributed by atoms with Gasteiger partial charge in [0.05, 0.1) is 17.4 Å². The highest BCUT2D eigenvalue weighted by Crippen LogP contribution is 2.47. The van der Waals surface area contributed by atoms with Gasteiger partial charge in [-0.2, -0.15) is 13.2 Å². The summed E-state index contributed by atoms with van der Waals surface area (Å²) in [6.45, 7) is 2.68. The molecule has 262 valence electrons. The van der Waals surface area contributed by atoms with Crippen molar-refractivity contribution in [1.82, 2.24) is 9.37 Å². The zero-order valence-corrected chi connectivity index (χ0v) is 28.3. The third-order valence-electron chi connectivity index (χ3n) is 8.83. The summed E-state index contributed by atoms with van der Waals surface area (Å²) in [5.74, 6) is -5.68. The number of hydroxylamine groups is 1. The van der Waals surface area contributed by atoms with Crippen molar-refractivity contribution in [2.24, 2.45) is 5.92 Å². The Morgan fingerprint density at radius 1 is 0.878 bits per heavy atom. The van der Waals surface area contributed by atoms with Crippen LogP contribution in [0.15, 0.2) is 54.6 Å². The van der Waals surface area contributed by atoms with Gasteiger partial charge < -0.3 is 9.57 Å². The van der Waals surface area contributed by atoms with Gasteiger partial charge in [0.25, 0.3) is 10.0 Å². The van der Waals surface area contributed by atoms with Crippen LogP contribution < -0.4 is 4.74 Å². The summed E-state index contributed by atoms with van der Waals surface area (Å²) >= 11 is 12.3. The van der Waals surface area contributed by atoms with E-state index in [1.165, 1.54) is 6.07 Å². The molecular weight excluding hydrogens is 711 g/mol. The van der Waals surface area contributed by atoms with Gasteiger partial charge in [0.15, 0.2) is 0 Å². The van der Waals surface area contributed by atoms with E-state index >= 15 is 4.39 Å². The number of sulfonamides is 1. The Morgan fingerprint density at radius 3 is 2.08 bits per heavy atom. The normalized spacial score (nSPS) is 17.5. The molecule has 3 aliphatic rings. The van der Waals surface area contributed by atoms with Crippen LogP contribution >= 0.6 is 23.2 Å². The number of rotatable bonds is 10. The lowest BCUT2D eigenvalue weighted by molar-refractivity contribution is -0.217. The number of hydrogen-bond donors (Lipinski definition) is 0. The number of benzene rings is 3. The minimum atomic E-state index is -5.58. The summed E-state index contributed by atoms with van der Waals surface area (Å²) in [6, 6.07) is 15.9.